The predicted molar refractivity (Wildman–Crippen MR) is 244 cm³/mol. The molecule has 4 amide bonds. The lowest BCUT2D eigenvalue weighted by atomic mass is 9.84. The molecule has 3 unspecified atom stereocenters. The number of carboxylic acids is 1. The number of nitrogens with one attached hydrogen (secondary N) is 2. The maximum atomic E-state index is 14.6. The molecule has 3 atom stereocenters. The third kappa shape index (κ3) is 11.1. The van der Waals surface area contributed by atoms with Crippen molar-refractivity contribution in [1.29, 1.82) is 0 Å². The van der Waals surface area contributed by atoms with Crippen molar-refractivity contribution in [2.24, 2.45) is 5.92 Å². The molecule has 15 nitrogen and oxygen atoms in total. The molecule has 64 heavy (non-hydrogen) atoms. The average molecular weight is 876 g/mol. The molecular weight excluding hydrogens is 811 g/mol. The number of amides is 4. The molecule has 1 saturated carbocycles. The quantitative estimate of drug-likeness (QED) is 0.109. The number of pyridine rings is 2. The lowest BCUT2D eigenvalue weighted by molar-refractivity contribution is -0.141. The Morgan fingerprint density at radius 3 is 1.64 bits per heavy atom. The molecular formula is C49H65N9O6. The van der Waals surface area contributed by atoms with Gasteiger partial charge in [0, 0.05) is 50.5 Å². The number of rotatable bonds is 16. The summed E-state index contributed by atoms with van der Waals surface area (Å²) in [6.45, 7) is 7.07. The van der Waals surface area contributed by atoms with E-state index in [-0.39, 0.29) is 52.6 Å². The fourth-order valence-electron chi connectivity index (χ4n) is 10.6. The third-order valence-electron chi connectivity index (χ3n) is 14.1. The van der Waals surface area contributed by atoms with Gasteiger partial charge in [-0.2, -0.15) is 0 Å². The summed E-state index contributed by atoms with van der Waals surface area (Å²) in [7, 11) is 0. The van der Waals surface area contributed by atoms with Crippen molar-refractivity contribution in [3.63, 3.8) is 0 Å². The summed E-state index contributed by atoms with van der Waals surface area (Å²) in [6, 6.07) is 12.9. The minimum absolute atomic E-state index is 0.00883. The Morgan fingerprint density at radius 1 is 0.625 bits per heavy atom. The Kier molecular flexibility index (Phi) is 14.9. The number of benzene rings is 1. The van der Waals surface area contributed by atoms with Gasteiger partial charge in [0.25, 0.3) is 23.6 Å². The van der Waals surface area contributed by atoms with E-state index in [1.807, 2.05) is 34.1 Å². The van der Waals surface area contributed by atoms with Gasteiger partial charge in [-0.15, -0.1) is 0 Å². The zero-order chi connectivity index (χ0) is 44.6. The lowest BCUT2D eigenvalue weighted by Crippen LogP contribution is -2.47. The second kappa shape index (κ2) is 21.1. The largest absolute Gasteiger partial charge is 0.480 e. The Balaban J connectivity index is 1.13. The average Bonchev–Trinajstić information content (AvgIpc) is 4.18. The van der Waals surface area contributed by atoms with Gasteiger partial charge in [0.2, 0.25) is 0 Å². The zero-order valence-electron chi connectivity index (χ0n) is 37.1. The first-order valence-corrected chi connectivity index (χ1v) is 23.9. The summed E-state index contributed by atoms with van der Waals surface area (Å²) in [5, 5.41) is 16.1. The minimum atomic E-state index is -1.12. The summed E-state index contributed by atoms with van der Waals surface area (Å²) in [5.41, 5.74) is 8.53. The van der Waals surface area contributed by atoms with Gasteiger partial charge >= 0.3 is 5.97 Å². The second-order valence-electron chi connectivity index (χ2n) is 18.6. The summed E-state index contributed by atoms with van der Waals surface area (Å²) >= 11 is 0. The van der Waals surface area contributed by atoms with Crippen LogP contribution in [0.2, 0.25) is 0 Å². The highest BCUT2D eigenvalue weighted by Crippen LogP contribution is 2.30. The van der Waals surface area contributed by atoms with E-state index < -0.39 is 23.8 Å². The first-order valence-electron chi connectivity index (χ1n) is 23.9. The van der Waals surface area contributed by atoms with Gasteiger partial charge in [0.15, 0.2) is 0 Å². The Hall–Kier alpha value is -5.41. The molecule has 342 valence electrons. The van der Waals surface area contributed by atoms with E-state index >= 15 is 0 Å². The maximum absolute atomic E-state index is 14.6. The molecule has 4 aliphatic heterocycles. The maximum Gasteiger partial charge on any atom is 0.326 e. The topological polar surface area (TPSA) is 194 Å². The second-order valence-corrected chi connectivity index (χ2v) is 18.6. The number of nitrogens with zero attached hydrogens (tertiary/aromatic N) is 6. The van der Waals surface area contributed by atoms with Crippen LogP contribution in [0.5, 0.6) is 0 Å². The molecule has 1 aliphatic carbocycles. The highest BCUT2D eigenvalue weighted by Gasteiger charge is 2.36. The van der Waals surface area contributed by atoms with Crippen LogP contribution in [0.15, 0.2) is 48.5 Å². The van der Waals surface area contributed by atoms with Gasteiger partial charge in [0.05, 0.1) is 0 Å². The Bertz CT molecular complexity index is 2150. The molecule has 4 saturated heterocycles. The fraction of sp³-hybridized carbons (Fsp3) is 0.571. The summed E-state index contributed by atoms with van der Waals surface area (Å²) in [5.74, 6) is -3.08. The zero-order valence-corrected chi connectivity index (χ0v) is 37.1. The molecule has 0 radical (unpaired) electrons. The molecule has 5 N–H and O–H groups in total. The van der Waals surface area contributed by atoms with Crippen molar-refractivity contribution in [1.82, 2.24) is 40.2 Å². The number of nitrogens with two attached hydrogens (primary N) is 1. The molecule has 5 fully saturated rings. The molecule has 6 heterocycles. The van der Waals surface area contributed by atoms with E-state index in [9.17, 15) is 29.1 Å². The van der Waals surface area contributed by atoms with Crippen molar-refractivity contribution >= 4 is 35.3 Å². The van der Waals surface area contributed by atoms with Gasteiger partial charge in [-0.25, -0.2) is 14.8 Å². The molecule has 8 rings (SSSR count). The van der Waals surface area contributed by atoms with E-state index in [1.54, 1.807) is 18.2 Å². The number of aromatic nitrogens is 2. The molecule has 3 aromatic rings. The van der Waals surface area contributed by atoms with Crippen LogP contribution in [-0.4, -0.2) is 141 Å². The van der Waals surface area contributed by atoms with Crippen LogP contribution in [0.25, 0.3) is 11.1 Å². The molecule has 2 aromatic heterocycles. The van der Waals surface area contributed by atoms with Crippen molar-refractivity contribution < 1.29 is 29.1 Å². The first-order chi connectivity index (χ1) is 31.1. The smallest absolute Gasteiger partial charge is 0.326 e. The number of carbonyl (C=O) groups is 5. The van der Waals surface area contributed by atoms with Crippen molar-refractivity contribution in [3.8, 4) is 11.1 Å². The van der Waals surface area contributed by atoms with Crippen LogP contribution in [0.4, 0.5) is 5.69 Å². The van der Waals surface area contributed by atoms with Crippen LogP contribution in [-0.2, 0) is 11.2 Å². The number of anilines is 1. The monoisotopic (exact) mass is 876 g/mol. The van der Waals surface area contributed by atoms with Crippen LogP contribution in [0.1, 0.15) is 137 Å². The van der Waals surface area contributed by atoms with Crippen molar-refractivity contribution in [3.05, 3.63) is 76.9 Å². The summed E-state index contributed by atoms with van der Waals surface area (Å²) < 4.78 is 0. The number of hydrogen-bond acceptors (Lipinski definition) is 10. The van der Waals surface area contributed by atoms with Crippen LogP contribution in [0, 0.1) is 5.92 Å². The van der Waals surface area contributed by atoms with Crippen molar-refractivity contribution in [2.75, 3.05) is 64.6 Å². The highest BCUT2D eigenvalue weighted by molar-refractivity contribution is 6.01. The van der Waals surface area contributed by atoms with Crippen LogP contribution >= 0.6 is 0 Å². The summed E-state index contributed by atoms with van der Waals surface area (Å²) in [6.07, 6.45) is 13.6. The van der Waals surface area contributed by atoms with E-state index in [0.29, 0.717) is 55.7 Å². The first kappa shape index (κ1) is 45.2. The van der Waals surface area contributed by atoms with E-state index in [4.69, 9.17) is 10.7 Å². The number of aliphatic carboxylic acids is 1. The SMILES string of the molecule is Nc1ccc(CCCNC(=O)c2cc(-c3cc(C(=O)NC(C(=O)O)C4CCCCC4)nc(C(=O)N4CCCC4CN4CCCC4)c3)cc(C(=O)N3CCCC3CN3CCCC3)n2)cc1. The molecule has 0 spiro atoms. The Morgan fingerprint density at radius 2 is 1.12 bits per heavy atom. The van der Waals surface area contributed by atoms with Crippen LogP contribution < -0.4 is 16.4 Å². The van der Waals surface area contributed by atoms with E-state index in [0.717, 1.165) is 122 Å². The highest BCUT2D eigenvalue weighted by atomic mass is 16.4. The van der Waals surface area contributed by atoms with Gasteiger partial charge in [-0.1, -0.05) is 31.4 Å². The standard InChI is InChI=1S/C49H65N9O6/c50-37-18-16-33(17-19-37)11-8-20-51-45(59)40-27-35(29-42(52-40)47(61)57-25-9-14-38(57)31-55-21-4-5-22-55)36-28-41(46(60)54-44(49(63)64)34-12-2-1-3-13-34)53-43(30-36)48(62)58-26-10-15-39(58)32-56-23-6-7-24-56/h16-19,27-30,34,38-39,44H,1-15,20-26,31-32,50H2,(H,51,59)(H,54,60)(H,63,64). The van der Waals surface area contributed by atoms with E-state index in [1.165, 1.54) is 6.07 Å². The molecule has 1 aromatic carbocycles. The third-order valence-corrected chi connectivity index (χ3v) is 14.1. The Labute approximate surface area is 376 Å². The number of likely N-dealkylation sites (tertiary alicyclic amines) is 4. The molecule has 0 bridgehead atoms. The number of hydrogen-bond donors (Lipinski definition) is 4. The molecule has 15 heteroatoms. The molecule has 5 aliphatic rings. The normalized spacial score (nSPS) is 21.3. The number of carboxylic acid groups (broad SMARTS) is 1. The van der Waals surface area contributed by atoms with E-state index in [2.05, 4.69) is 25.4 Å². The summed E-state index contributed by atoms with van der Waals surface area (Å²) in [4.78, 5) is 87.9. The van der Waals surface area contributed by atoms with Crippen LogP contribution in [0.3, 0.4) is 0 Å². The lowest BCUT2D eigenvalue weighted by Gasteiger charge is -2.29. The van der Waals surface area contributed by atoms with Gasteiger partial charge < -0.3 is 41.1 Å². The fourth-order valence-corrected chi connectivity index (χ4v) is 10.6. The number of carbonyl (C=O) groups excluding carboxylic acids is 4. The van der Waals surface area contributed by atoms with Crippen molar-refractivity contribution in [2.45, 2.75) is 114 Å². The number of nitrogen functional groups attached to an aromatic ring is 1. The van der Waals surface area contributed by atoms with Gasteiger partial charge in [0.1, 0.15) is 28.8 Å². The predicted octanol–water partition coefficient (Wildman–Crippen LogP) is 5.25. The van der Waals surface area contributed by atoms with Gasteiger partial charge in [-0.3, -0.25) is 19.2 Å². The minimum Gasteiger partial charge on any atom is -0.480 e. The number of aryl methyl sites for hydroxylation is 1. The van der Waals surface area contributed by atoms with Gasteiger partial charge in [-0.05, 0) is 162 Å².